The van der Waals surface area contributed by atoms with E-state index in [2.05, 4.69) is 20.0 Å². The maximum Gasteiger partial charge on any atom is 0.290 e. The number of anilines is 1. The third-order valence-corrected chi connectivity index (χ3v) is 3.80. The fourth-order valence-electron chi connectivity index (χ4n) is 2.68. The zero-order chi connectivity index (χ0) is 14.8. The molecule has 0 bridgehead atoms. The molecule has 3 heterocycles. The summed E-state index contributed by atoms with van der Waals surface area (Å²) in [5.74, 6) is 0.780. The van der Waals surface area contributed by atoms with Gasteiger partial charge < -0.3 is 4.90 Å². The molecule has 1 saturated heterocycles. The summed E-state index contributed by atoms with van der Waals surface area (Å²) < 4.78 is 1.87. The molecule has 1 atom stereocenters. The Bertz CT molecular complexity index is 642. The first-order chi connectivity index (χ1) is 10.1. The predicted molar refractivity (Wildman–Crippen MR) is 76.1 cm³/mol. The summed E-state index contributed by atoms with van der Waals surface area (Å²) >= 11 is 0. The minimum absolute atomic E-state index is 0.0589. The van der Waals surface area contributed by atoms with Gasteiger partial charge in [-0.15, -0.1) is 0 Å². The number of piperidine rings is 1. The Morgan fingerprint density at radius 3 is 3.00 bits per heavy atom. The van der Waals surface area contributed by atoms with E-state index in [0.717, 1.165) is 31.7 Å². The van der Waals surface area contributed by atoms with E-state index in [1.165, 1.54) is 12.5 Å². The highest BCUT2D eigenvalue weighted by Gasteiger charge is 2.23. The molecule has 8 nitrogen and oxygen atoms in total. The number of rotatable bonds is 3. The van der Waals surface area contributed by atoms with Gasteiger partial charge in [0.05, 0.1) is 11.0 Å². The zero-order valence-corrected chi connectivity index (χ0v) is 11.7. The Kier molecular flexibility index (Phi) is 3.51. The zero-order valence-electron chi connectivity index (χ0n) is 11.7. The number of nitrogens with zero attached hydrogens (tertiary/aromatic N) is 6. The van der Waals surface area contributed by atoms with Crippen LogP contribution in [-0.2, 0) is 0 Å². The first-order valence-electron chi connectivity index (χ1n) is 6.85. The summed E-state index contributed by atoms with van der Waals surface area (Å²) in [4.78, 5) is 20.8. The van der Waals surface area contributed by atoms with E-state index in [4.69, 9.17) is 0 Å². The van der Waals surface area contributed by atoms with Crippen molar-refractivity contribution in [2.45, 2.75) is 25.8 Å². The lowest BCUT2D eigenvalue weighted by Gasteiger charge is -2.33. The molecule has 0 radical (unpaired) electrons. The van der Waals surface area contributed by atoms with Crippen molar-refractivity contribution in [3.63, 3.8) is 0 Å². The number of aryl methyl sites for hydroxylation is 1. The molecule has 2 aromatic rings. The second-order valence-electron chi connectivity index (χ2n) is 5.20. The molecule has 110 valence electrons. The fourth-order valence-corrected chi connectivity index (χ4v) is 2.68. The van der Waals surface area contributed by atoms with Crippen LogP contribution >= 0.6 is 0 Å². The summed E-state index contributed by atoms with van der Waals surface area (Å²) in [6, 6.07) is 2.04. The Morgan fingerprint density at radius 1 is 1.48 bits per heavy atom. The maximum absolute atomic E-state index is 10.9. The lowest BCUT2D eigenvalue weighted by molar-refractivity contribution is -0.385. The van der Waals surface area contributed by atoms with Crippen molar-refractivity contribution in [1.82, 2.24) is 19.7 Å². The number of hydrogen-bond acceptors (Lipinski definition) is 6. The smallest absolute Gasteiger partial charge is 0.290 e. The minimum atomic E-state index is -0.402. The average molecular weight is 288 g/mol. The van der Waals surface area contributed by atoms with E-state index in [1.807, 2.05) is 4.68 Å². The molecule has 0 N–H and O–H groups in total. The van der Waals surface area contributed by atoms with Crippen molar-refractivity contribution in [3.05, 3.63) is 40.6 Å². The third kappa shape index (κ3) is 2.69. The fraction of sp³-hybridized carbons (Fsp3) is 0.462. The highest BCUT2D eigenvalue weighted by atomic mass is 16.6. The van der Waals surface area contributed by atoms with Crippen molar-refractivity contribution in [1.29, 1.82) is 0 Å². The van der Waals surface area contributed by atoms with Gasteiger partial charge in [-0.05, 0) is 25.8 Å². The molecule has 1 unspecified atom stereocenters. The molecule has 0 aliphatic carbocycles. The minimum Gasteiger partial charge on any atom is -0.354 e. The van der Waals surface area contributed by atoms with Gasteiger partial charge in [-0.25, -0.2) is 14.6 Å². The van der Waals surface area contributed by atoms with Gasteiger partial charge in [0.15, 0.2) is 0 Å². The van der Waals surface area contributed by atoms with Crippen LogP contribution in [0.2, 0.25) is 0 Å². The Balaban J connectivity index is 1.80. The Morgan fingerprint density at radius 2 is 2.33 bits per heavy atom. The van der Waals surface area contributed by atoms with Gasteiger partial charge in [-0.2, -0.15) is 5.10 Å². The molecule has 1 aliphatic heterocycles. The molecule has 1 fully saturated rings. The van der Waals surface area contributed by atoms with Crippen LogP contribution in [0, 0.1) is 17.0 Å². The normalized spacial score (nSPS) is 18.7. The first-order valence-corrected chi connectivity index (χ1v) is 6.85. The molecule has 8 heteroatoms. The largest absolute Gasteiger partial charge is 0.354 e. The molecule has 1 aliphatic rings. The number of nitro groups is 1. The molecule has 21 heavy (non-hydrogen) atoms. The van der Waals surface area contributed by atoms with E-state index in [1.54, 1.807) is 19.3 Å². The molecular weight excluding hydrogens is 272 g/mol. The van der Waals surface area contributed by atoms with Gasteiger partial charge in [0.1, 0.15) is 24.7 Å². The first kappa shape index (κ1) is 13.5. The molecule has 0 amide bonds. The molecule has 2 aromatic heterocycles. The SMILES string of the molecule is Cc1cc(N2CCCC(n3cncn3)C2)ncc1[N+](=O)[O-]. The van der Waals surface area contributed by atoms with E-state index in [-0.39, 0.29) is 11.7 Å². The number of aromatic nitrogens is 4. The van der Waals surface area contributed by atoms with Gasteiger partial charge >= 0.3 is 0 Å². The van der Waals surface area contributed by atoms with Crippen LogP contribution in [0.5, 0.6) is 0 Å². The van der Waals surface area contributed by atoms with Crippen LogP contribution in [0.25, 0.3) is 0 Å². The average Bonchev–Trinajstić information content (AvgIpc) is 3.01. The van der Waals surface area contributed by atoms with Crippen LogP contribution in [0.15, 0.2) is 24.9 Å². The summed E-state index contributed by atoms with van der Waals surface area (Å²) in [6.07, 6.45) is 6.67. The van der Waals surface area contributed by atoms with Crippen LogP contribution in [0.4, 0.5) is 11.5 Å². The molecule has 0 spiro atoms. The third-order valence-electron chi connectivity index (χ3n) is 3.80. The van der Waals surface area contributed by atoms with E-state index in [9.17, 15) is 10.1 Å². The van der Waals surface area contributed by atoms with Crippen molar-refractivity contribution in [2.24, 2.45) is 0 Å². The van der Waals surface area contributed by atoms with Crippen LogP contribution in [0.3, 0.4) is 0 Å². The Labute approximate surface area is 121 Å². The molecular formula is C13H16N6O2. The molecule has 0 saturated carbocycles. The lowest BCUT2D eigenvalue weighted by atomic mass is 10.1. The van der Waals surface area contributed by atoms with Crippen molar-refractivity contribution < 1.29 is 4.92 Å². The summed E-state index contributed by atoms with van der Waals surface area (Å²) in [6.45, 7) is 3.42. The van der Waals surface area contributed by atoms with Gasteiger partial charge in [0.25, 0.3) is 5.69 Å². The van der Waals surface area contributed by atoms with Crippen molar-refractivity contribution in [2.75, 3.05) is 18.0 Å². The monoisotopic (exact) mass is 288 g/mol. The predicted octanol–water partition coefficient (Wildman–Crippen LogP) is 1.73. The van der Waals surface area contributed by atoms with Gasteiger partial charge in [-0.1, -0.05) is 0 Å². The molecule has 0 aromatic carbocycles. The topological polar surface area (TPSA) is 90.0 Å². The summed E-state index contributed by atoms with van der Waals surface area (Å²) in [5, 5.41) is 15.0. The highest BCUT2D eigenvalue weighted by Crippen LogP contribution is 2.27. The van der Waals surface area contributed by atoms with Crippen LogP contribution < -0.4 is 4.90 Å². The second-order valence-corrected chi connectivity index (χ2v) is 5.20. The lowest BCUT2D eigenvalue weighted by Crippen LogP contribution is -2.37. The number of pyridine rings is 1. The maximum atomic E-state index is 10.9. The second kappa shape index (κ2) is 5.47. The standard InChI is InChI=1S/C13H16N6O2/c1-10-5-13(15-6-12(10)19(20)21)17-4-2-3-11(7-17)18-9-14-8-16-18/h5-6,8-9,11H,2-4,7H2,1H3. The Hall–Kier alpha value is -2.51. The van der Waals surface area contributed by atoms with E-state index in [0.29, 0.717) is 5.56 Å². The summed E-state index contributed by atoms with van der Waals surface area (Å²) in [7, 11) is 0. The van der Waals surface area contributed by atoms with Crippen LogP contribution in [0.1, 0.15) is 24.4 Å². The van der Waals surface area contributed by atoms with Gasteiger partial charge in [0.2, 0.25) is 0 Å². The van der Waals surface area contributed by atoms with E-state index >= 15 is 0 Å². The molecule has 3 rings (SSSR count). The highest BCUT2D eigenvalue weighted by molar-refractivity contribution is 5.48. The van der Waals surface area contributed by atoms with Gasteiger partial charge in [-0.3, -0.25) is 10.1 Å². The van der Waals surface area contributed by atoms with Crippen LogP contribution in [-0.4, -0.2) is 37.8 Å². The number of hydrogen-bond donors (Lipinski definition) is 0. The van der Waals surface area contributed by atoms with Crippen molar-refractivity contribution >= 4 is 11.5 Å². The van der Waals surface area contributed by atoms with Gasteiger partial charge in [0, 0.05) is 18.7 Å². The quantitative estimate of drug-likeness (QED) is 0.631. The van der Waals surface area contributed by atoms with Crippen molar-refractivity contribution in [3.8, 4) is 0 Å². The summed E-state index contributed by atoms with van der Waals surface area (Å²) in [5.41, 5.74) is 0.691. The van der Waals surface area contributed by atoms with E-state index < -0.39 is 4.92 Å².